The number of ether oxygens (including phenoxy) is 2. The van der Waals surface area contributed by atoms with Gasteiger partial charge in [0, 0.05) is 10.7 Å². The number of nitrogens with two attached hydrogens (primary N) is 1. The van der Waals surface area contributed by atoms with Crippen LogP contribution in [-0.2, 0) is 4.74 Å². The number of rotatable bonds is 6. The summed E-state index contributed by atoms with van der Waals surface area (Å²) >= 11 is 5.77. The number of nitrogens with one attached hydrogen (secondary N) is 1. The lowest BCUT2D eigenvalue weighted by Crippen LogP contribution is -2.19. The fourth-order valence-electron chi connectivity index (χ4n) is 1.74. The van der Waals surface area contributed by atoms with Gasteiger partial charge < -0.3 is 20.5 Å². The normalized spacial score (nSPS) is 9.96. The SMILES string of the molecule is NC(=O)Nc1ccc(C(=O)OCCOc2ccc(Cl)cc2)cc1. The first-order chi connectivity index (χ1) is 11.0. The zero-order chi connectivity index (χ0) is 16.7. The third-order valence-electron chi connectivity index (χ3n) is 2.79. The molecule has 0 spiro atoms. The van der Waals surface area contributed by atoms with Gasteiger partial charge in [0.25, 0.3) is 0 Å². The third kappa shape index (κ3) is 5.52. The number of esters is 1. The number of urea groups is 1. The van der Waals surface area contributed by atoms with Crippen LogP contribution in [0.2, 0.25) is 5.02 Å². The second kappa shape index (κ2) is 8.05. The molecule has 0 aliphatic heterocycles. The van der Waals surface area contributed by atoms with Gasteiger partial charge in [-0.15, -0.1) is 0 Å². The highest BCUT2D eigenvalue weighted by Gasteiger charge is 2.07. The first kappa shape index (κ1) is 16.6. The van der Waals surface area contributed by atoms with Crippen molar-refractivity contribution in [2.75, 3.05) is 18.5 Å². The van der Waals surface area contributed by atoms with E-state index in [2.05, 4.69) is 5.32 Å². The fourth-order valence-corrected chi connectivity index (χ4v) is 1.87. The van der Waals surface area contributed by atoms with Crippen molar-refractivity contribution in [2.45, 2.75) is 0 Å². The molecule has 0 unspecified atom stereocenters. The first-order valence-electron chi connectivity index (χ1n) is 6.76. The molecule has 0 bridgehead atoms. The molecule has 23 heavy (non-hydrogen) atoms. The van der Waals surface area contributed by atoms with Gasteiger partial charge in [0.2, 0.25) is 0 Å². The lowest BCUT2D eigenvalue weighted by atomic mass is 10.2. The number of anilines is 1. The maximum Gasteiger partial charge on any atom is 0.338 e. The molecule has 0 heterocycles. The van der Waals surface area contributed by atoms with Crippen LogP contribution in [0.1, 0.15) is 10.4 Å². The van der Waals surface area contributed by atoms with E-state index in [0.717, 1.165) is 0 Å². The number of amides is 2. The van der Waals surface area contributed by atoms with E-state index < -0.39 is 12.0 Å². The molecular weight excluding hydrogens is 320 g/mol. The van der Waals surface area contributed by atoms with E-state index in [0.29, 0.717) is 22.0 Å². The van der Waals surface area contributed by atoms with Crippen LogP contribution in [0.15, 0.2) is 48.5 Å². The Labute approximate surface area is 138 Å². The monoisotopic (exact) mass is 334 g/mol. The maximum absolute atomic E-state index is 11.8. The van der Waals surface area contributed by atoms with Crippen molar-refractivity contribution in [2.24, 2.45) is 5.73 Å². The number of primary amides is 1. The van der Waals surface area contributed by atoms with E-state index in [9.17, 15) is 9.59 Å². The van der Waals surface area contributed by atoms with Crippen LogP contribution >= 0.6 is 11.6 Å². The van der Waals surface area contributed by atoms with Gasteiger partial charge in [0.1, 0.15) is 19.0 Å². The molecule has 0 saturated heterocycles. The average Bonchev–Trinajstić information content (AvgIpc) is 2.53. The van der Waals surface area contributed by atoms with Gasteiger partial charge in [0.05, 0.1) is 5.56 Å². The summed E-state index contributed by atoms with van der Waals surface area (Å²) in [7, 11) is 0. The molecule has 7 heteroatoms. The smallest absolute Gasteiger partial charge is 0.338 e. The summed E-state index contributed by atoms with van der Waals surface area (Å²) < 4.78 is 10.5. The van der Waals surface area contributed by atoms with Crippen molar-refractivity contribution in [3.63, 3.8) is 0 Å². The summed E-state index contributed by atoms with van der Waals surface area (Å²) in [6, 6.07) is 12.4. The molecule has 6 nitrogen and oxygen atoms in total. The van der Waals surface area contributed by atoms with Crippen molar-refractivity contribution < 1.29 is 19.1 Å². The minimum atomic E-state index is -0.667. The number of hydrogen-bond acceptors (Lipinski definition) is 4. The molecule has 0 aromatic heterocycles. The Hall–Kier alpha value is -2.73. The Morgan fingerprint density at radius 3 is 2.26 bits per heavy atom. The number of carbonyl (C=O) groups is 2. The van der Waals surface area contributed by atoms with Gasteiger partial charge >= 0.3 is 12.0 Å². The topological polar surface area (TPSA) is 90.7 Å². The van der Waals surface area contributed by atoms with Crippen LogP contribution in [0.3, 0.4) is 0 Å². The standard InChI is InChI=1S/C16H15ClN2O4/c17-12-3-7-14(8-4-12)22-9-10-23-15(20)11-1-5-13(6-2-11)19-16(18)21/h1-8H,9-10H2,(H3,18,19,21). The minimum absolute atomic E-state index is 0.114. The van der Waals surface area contributed by atoms with Crippen LogP contribution in [0.4, 0.5) is 10.5 Å². The summed E-state index contributed by atoms with van der Waals surface area (Å²) in [5.41, 5.74) is 5.86. The van der Waals surface area contributed by atoms with Crippen LogP contribution in [0.25, 0.3) is 0 Å². The van der Waals surface area contributed by atoms with Gasteiger partial charge in [-0.25, -0.2) is 9.59 Å². The van der Waals surface area contributed by atoms with Crippen molar-refractivity contribution in [3.8, 4) is 5.75 Å². The Morgan fingerprint density at radius 1 is 1.00 bits per heavy atom. The molecule has 0 fully saturated rings. The van der Waals surface area contributed by atoms with Gasteiger partial charge in [0.15, 0.2) is 0 Å². The third-order valence-corrected chi connectivity index (χ3v) is 3.04. The molecule has 0 saturated carbocycles. The second-order valence-electron chi connectivity index (χ2n) is 4.50. The van der Waals surface area contributed by atoms with Crippen molar-refractivity contribution in [1.29, 1.82) is 0 Å². The predicted octanol–water partition coefficient (Wildman–Crippen LogP) is 3.07. The van der Waals surface area contributed by atoms with Crippen molar-refractivity contribution in [3.05, 3.63) is 59.1 Å². The Bertz CT molecular complexity index is 671. The Morgan fingerprint density at radius 2 is 1.65 bits per heavy atom. The number of carbonyl (C=O) groups excluding carboxylic acids is 2. The molecule has 0 atom stereocenters. The number of benzene rings is 2. The highest BCUT2D eigenvalue weighted by Crippen LogP contribution is 2.15. The van der Waals surface area contributed by atoms with Crippen molar-refractivity contribution in [1.82, 2.24) is 0 Å². The average molecular weight is 335 g/mol. The minimum Gasteiger partial charge on any atom is -0.490 e. The predicted molar refractivity (Wildman–Crippen MR) is 86.9 cm³/mol. The van der Waals surface area contributed by atoms with Gasteiger partial charge in [-0.3, -0.25) is 0 Å². The largest absolute Gasteiger partial charge is 0.490 e. The molecular formula is C16H15ClN2O4. The van der Waals surface area contributed by atoms with E-state index in [-0.39, 0.29) is 13.2 Å². The molecule has 0 aliphatic carbocycles. The summed E-state index contributed by atoms with van der Waals surface area (Å²) in [5.74, 6) is 0.169. The molecule has 3 N–H and O–H groups in total. The summed E-state index contributed by atoms with van der Waals surface area (Å²) in [6.45, 7) is 0.345. The van der Waals surface area contributed by atoms with E-state index in [1.165, 1.54) is 12.1 Å². The van der Waals surface area contributed by atoms with Crippen LogP contribution in [0, 0.1) is 0 Å². The molecule has 2 aromatic rings. The van der Waals surface area contributed by atoms with Crippen LogP contribution in [0.5, 0.6) is 5.75 Å². The molecule has 0 aliphatic rings. The fraction of sp³-hybridized carbons (Fsp3) is 0.125. The van der Waals surface area contributed by atoms with Crippen molar-refractivity contribution >= 4 is 29.3 Å². The van der Waals surface area contributed by atoms with E-state index >= 15 is 0 Å². The zero-order valence-electron chi connectivity index (χ0n) is 12.1. The van der Waals surface area contributed by atoms with Crippen LogP contribution < -0.4 is 15.8 Å². The summed E-state index contributed by atoms with van der Waals surface area (Å²) in [5, 5.41) is 3.03. The molecule has 2 amide bonds. The number of halogens is 1. The molecule has 0 radical (unpaired) electrons. The lowest BCUT2D eigenvalue weighted by molar-refractivity contribution is 0.0450. The zero-order valence-corrected chi connectivity index (χ0v) is 12.9. The number of hydrogen-bond donors (Lipinski definition) is 2. The molecule has 2 aromatic carbocycles. The highest BCUT2D eigenvalue weighted by atomic mass is 35.5. The summed E-state index contributed by atoms with van der Waals surface area (Å²) in [4.78, 5) is 22.5. The Balaban J connectivity index is 1.76. The second-order valence-corrected chi connectivity index (χ2v) is 4.94. The first-order valence-corrected chi connectivity index (χ1v) is 7.14. The van der Waals surface area contributed by atoms with E-state index in [4.69, 9.17) is 26.8 Å². The van der Waals surface area contributed by atoms with E-state index in [1.54, 1.807) is 36.4 Å². The molecule has 2 rings (SSSR count). The van der Waals surface area contributed by atoms with Gasteiger partial charge in [-0.05, 0) is 48.5 Å². The Kier molecular flexibility index (Phi) is 5.82. The highest BCUT2D eigenvalue weighted by molar-refractivity contribution is 6.30. The van der Waals surface area contributed by atoms with Gasteiger partial charge in [-0.2, -0.15) is 0 Å². The lowest BCUT2D eigenvalue weighted by Gasteiger charge is -2.08. The van der Waals surface area contributed by atoms with E-state index in [1.807, 2.05) is 0 Å². The van der Waals surface area contributed by atoms with Crippen LogP contribution in [-0.4, -0.2) is 25.2 Å². The summed E-state index contributed by atoms with van der Waals surface area (Å²) in [6.07, 6.45) is 0. The quantitative estimate of drug-likeness (QED) is 0.627. The molecule has 120 valence electrons. The maximum atomic E-state index is 11.8. The van der Waals surface area contributed by atoms with Gasteiger partial charge in [-0.1, -0.05) is 11.6 Å².